The topological polar surface area (TPSA) is 37.4 Å². The van der Waals surface area contributed by atoms with Gasteiger partial charge < -0.3 is 0 Å². The summed E-state index contributed by atoms with van der Waals surface area (Å²) in [4.78, 5) is 24.4. The molecule has 0 unspecified atom stereocenters. The van der Waals surface area contributed by atoms with Crippen molar-refractivity contribution in [3.05, 3.63) is 54.1 Å². The third-order valence-corrected chi connectivity index (χ3v) is 2.53. The fourth-order valence-corrected chi connectivity index (χ4v) is 1.63. The first kappa shape index (κ1) is 11.3. The number of imide groups is 1. The van der Waals surface area contributed by atoms with Crippen LogP contribution in [-0.4, -0.2) is 23.3 Å². The zero-order valence-electron chi connectivity index (χ0n) is 9.37. The van der Waals surface area contributed by atoms with Crippen LogP contribution < -0.4 is 0 Å². The Kier molecular flexibility index (Phi) is 3.50. The Morgan fingerprint density at radius 3 is 2.71 bits per heavy atom. The Balaban J connectivity index is 2.04. The molecule has 1 heterocycles. The summed E-state index contributed by atoms with van der Waals surface area (Å²) in [6, 6.07) is 9.53. The van der Waals surface area contributed by atoms with Crippen LogP contribution in [0.3, 0.4) is 0 Å². The lowest BCUT2D eigenvalue weighted by Crippen LogP contribution is -2.37. The second kappa shape index (κ2) is 5.25. The van der Waals surface area contributed by atoms with Gasteiger partial charge in [0.05, 0.1) is 0 Å². The van der Waals surface area contributed by atoms with Crippen LogP contribution in [0.4, 0.5) is 0 Å². The molecule has 17 heavy (non-hydrogen) atoms. The first-order valence-electron chi connectivity index (χ1n) is 5.52. The van der Waals surface area contributed by atoms with Crippen molar-refractivity contribution in [2.45, 2.75) is 6.42 Å². The van der Waals surface area contributed by atoms with Gasteiger partial charge in [-0.3, -0.25) is 14.5 Å². The molecule has 2 rings (SSSR count). The second-order valence-electron chi connectivity index (χ2n) is 3.76. The van der Waals surface area contributed by atoms with Crippen LogP contribution >= 0.6 is 0 Å². The monoisotopic (exact) mass is 227 g/mol. The molecule has 2 amide bonds. The zero-order chi connectivity index (χ0) is 12.1. The molecule has 0 saturated heterocycles. The Morgan fingerprint density at radius 1 is 1.24 bits per heavy atom. The largest absolute Gasteiger partial charge is 0.275 e. The SMILES string of the molecule is O=C1C=CCCN1C(=O)C=Cc1ccccc1. The van der Waals surface area contributed by atoms with Gasteiger partial charge in [0.2, 0.25) is 0 Å². The number of nitrogens with zero attached hydrogens (tertiary/aromatic N) is 1. The molecule has 1 aromatic rings. The summed E-state index contributed by atoms with van der Waals surface area (Å²) in [7, 11) is 0. The minimum atomic E-state index is -0.261. The van der Waals surface area contributed by atoms with E-state index in [1.165, 1.54) is 17.1 Å². The van der Waals surface area contributed by atoms with Crippen molar-refractivity contribution in [3.63, 3.8) is 0 Å². The molecule has 0 atom stereocenters. The van der Waals surface area contributed by atoms with Gasteiger partial charge in [-0.1, -0.05) is 36.4 Å². The lowest BCUT2D eigenvalue weighted by Gasteiger charge is -2.19. The number of carbonyl (C=O) groups is 2. The molecule has 3 nitrogen and oxygen atoms in total. The van der Waals surface area contributed by atoms with Crippen LogP contribution in [0.1, 0.15) is 12.0 Å². The third kappa shape index (κ3) is 2.91. The number of carbonyl (C=O) groups excluding carboxylic acids is 2. The normalized spacial score (nSPS) is 15.5. The summed E-state index contributed by atoms with van der Waals surface area (Å²) >= 11 is 0. The smallest absolute Gasteiger partial charge is 0.253 e. The quantitative estimate of drug-likeness (QED) is 0.725. The second-order valence-corrected chi connectivity index (χ2v) is 3.76. The van der Waals surface area contributed by atoms with E-state index in [0.717, 1.165) is 12.0 Å². The zero-order valence-corrected chi connectivity index (χ0v) is 9.37. The average molecular weight is 227 g/mol. The number of benzene rings is 1. The Morgan fingerprint density at radius 2 is 2.00 bits per heavy atom. The highest BCUT2D eigenvalue weighted by Gasteiger charge is 2.18. The summed E-state index contributed by atoms with van der Waals surface area (Å²) in [5.74, 6) is -0.498. The first-order valence-corrected chi connectivity index (χ1v) is 5.52. The van der Waals surface area contributed by atoms with Crippen LogP contribution in [0.25, 0.3) is 6.08 Å². The van der Waals surface area contributed by atoms with Crippen LogP contribution in [0.15, 0.2) is 48.6 Å². The van der Waals surface area contributed by atoms with Crippen molar-refractivity contribution < 1.29 is 9.59 Å². The summed E-state index contributed by atoms with van der Waals surface area (Å²) in [5.41, 5.74) is 0.945. The van der Waals surface area contributed by atoms with Crippen molar-refractivity contribution in [1.82, 2.24) is 4.90 Å². The van der Waals surface area contributed by atoms with Crippen LogP contribution in [0.2, 0.25) is 0 Å². The number of hydrogen-bond donors (Lipinski definition) is 0. The summed E-state index contributed by atoms with van der Waals surface area (Å²) < 4.78 is 0. The van der Waals surface area contributed by atoms with Gasteiger partial charge >= 0.3 is 0 Å². The van der Waals surface area contributed by atoms with E-state index in [9.17, 15) is 9.59 Å². The lowest BCUT2D eigenvalue weighted by atomic mass is 10.2. The average Bonchev–Trinajstić information content (AvgIpc) is 2.38. The molecule has 1 aromatic carbocycles. The van der Waals surface area contributed by atoms with E-state index in [2.05, 4.69) is 0 Å². The highest BCUT2D eigenvalue weighted by molar-refractivity contribution is 6.06. The Bertz CT molecular complexity index is 474. The minimum Gasteiger partial charge on any atom is -0.275 e. The lowest BCUT2D eigenvalue weighted by molar-refractivity contribution is -0.139. The van der Waals surface area contributed by atoms with Gasteiger partial charge in [0.15, 0.2) is 0 Å². The van der Waals surface area contributed by atoms with Crippen molar-refractivity contribution in [2.24, 2.45) is 0 Å². The van der Waals surface area contributed by atoms with Crippen LogP contribution in [0.5, 0.6) is 0 Å². The van der Waals surface area contributed by atoms with E-state index in [4.69, 9.17) is 0 Å². The van der Waals surface area contributed by atoms with Crippen molar-refractivity contribution in [2.75, 3.05) is 6.54 Å². The van der Waals surface area contributed by atoms with E-state index in [1.807, 2.05) is 30.3 Å². The van der Waals surface area contributed by atoms with Gasteiger partial charge in [-0.2, -0.15) is 0 Å². The molecule has 1 aliphatic rings. The van der Waals surface area contributed by atoms with Gasteiger partial charge in [0.1, 0.15) is 0 Å². The molecular weight excluding hydrogens is 214 g/mol. The molecule has 0 radical (unpaired) electrons. The highest BCUT2D eigenvalue weighted by atomic mass is 16.2. The summed E-state index contributed by atoms with van der Waals surface area (Å²) in [6.07, 6.45) is 7.11. The standard InChI is InChI=1S/C14H13NO2/c16-13-8-4-5-11-15(13)14(17)10-9-12-6-2-1-3-7-12/h1-4,6-10H,5,11H2. The fraction of sp³-hybridized carbons (Fsp3) is 0.143. The number of hydrogen-bond acceptors (Lipinski definition) is 2. The van der Waals surface area contributed by atoms with Gasteiger partial charge in [-0.05, 0) is 24.1 Å². The summed E-state index contributed by atoms with van der Waals surface area (Å²) in [5, 5.41) is 0. The Labute approximate surface area is 100 Å². The minimum absolute atomic E-state index is 0.237. The predicted molar refractivity (Wildman–Crippen MR) is 66.0 cm³/mol. The molecular formula is C14H13NO2. The van der Waals surface area contributed by atoms with E-state index in [1.54, 1.807) is 12.2 Å². The molecule has 1 aliphatic heterocycles. The molecule has 0 fully saturated rings. The fourth-order valence-electron chi connectivity index (χ4n) is 1.63. The maximum atomic E-state index is 11.8. The molecule has 0 aliphatic carbocycles. The van der Waals surface area contributed by atoms with E-state index >= 15 is 0 Å². The number of rotatable bonds is 2. The maximum Gasteiger partial charge on any atom is 0.253 e. The van der Waals surface area contributed by atoms with Gasteiger partial charge in [0, 0.05) is 12.6 Å². The third-order valence-electron chi connectivity index (χ3n) is 2.53. The van der Waals surface area contributed by atoms with Crippen LogP contribution in [0, 0.1) is 0 Å². The highest BCUT2D eigenvalue weighted by Crippen LogP contribution is 2.06. The maximum absolute atomic E-state index is 11.8. The van der Waals surface area contributed by atoms with Crippen LogP contribution in [-0.2, 0) is 9.59 Å². The number of amides is 2. The summed E-state index contributed by atoms with van der Waals surface area (Å²) in [6.45, 7) is 0.466. The van der Waals surface area contributed by atoms with Crippen molar-refractivity contribution in [3.8, 4) is 0 Å². The van der Waals surface area contributed by atoms with E-state index in [0.29, 0.717) is 6.54 Å². The first-order chi connectivity index (χ1) is 8.27. The van der Waals surface area contributed by atoms with E-state index in [-0.39, 0.29) is 11.8 Å². The molecule has 0 saturated carbocycles. The Hall–Kier alpha value is -2.16. The van der Waals surface area contributed by atoms with Gasteiger partial charge in [-0.15, -0.1) is 0 Å². The molecule has 0 spiro atoms. The van der Waals surface area contributed by atoms with Crippen molar-refractivity contribution >= 4 is 17.9 Å². The van der Waals surface area contributed by atoms with Gasteiger partial charge in [-0.25, -0.2) is 0 Å². The molecule has 3 heteroatoms. The van der Waals surface area contributed by atoms with Gasteiger partial charge in [0.25, 0.3) is 11.8 Å². The van der Waals surface area contributed by atoms with E-state index < -0.39 is 0 Å². The molecule has 0 N–H and O–H groups in total. The predicted octanol–water partition coefficient (Wildman–Crippen LogP) is 2.01. The van der Waals surface area contributed by atoms with Crippen molar-refractivity contribution in [1.29, 1.82) is 0 Å². The molecule has 0 bridgehead atoms. The molecule has 0 aromatic heterocycles. The molecule has 86 valence electrons.